The molecule has 0 aromatic carbocycles. The number of nitrogens with zero attached hydrogens (tertiary/aromatic N) is 2. The summed E-state index contributed by atoms with van der Waals surface area (Å²) in [6.07, 6.45) is 2.38. The lowest BCUT2D eigenvalue weighted by molar-refractivity contribution is 0.0715. The molecule has 1 saturated heterocycles. The molecule has 0 unspecified atom stereocenters. The first-order valence-electron chi connectivity index (χ1n) is 10.7. The minimum Gasteiger partial charge on any atom is -0.352 e. The van der Waals surface area contributed by atoms with Crippen LogP contribution in [0.3, 0.4) is 0 Å². The molecule has 0 atom stereocenters. The van der Waals surface area contributed by atoms with E-state index in [1.54, 1.807) is 11.3 Å². The van der Waals surface area contributed by atoms with Crippen LogP contribution in [0.1, 0.15) is 60.6 Å². The zero-order valence-corrected chi connectivity index (χ0v) is 20.6. The largest absolute Gasteiger partial charge is 0.352 e. The molecule has 0 spiro atoms. The van der Waals surface area contributed by atoms with Gasteiger partial charge in [0.1, 0.15) is 4.88 Å². The van der Waals surface area contributed by atoms with Crippen LogP contribution in [0.5, 0.6) is 0 Å². The summed E-state index contributed by atoms with van der Waals surface area (Å²) in [7, 11) is 0. The topological polar surface area (TPSA) is 62.3 Å². The first kappa shape index (κ1) is 23.0. The number of carbonyl (C=O) groups excluding carboxylic acids is 2. The van der Waals surface area contributed by atoms with Crippen molar-refractivity contribution in [1.82, 2.24) is 15.2 Å². The minimum atomic E-state index is -0.0802. The maximum absolute atomic E-state index is 12.9. The molecule has 5 nitrogen and oxygen atoms in total. The van der Waals surface area contributed by atoms with Gasteiger partial charge < -0.3 is 10.2 Å². The fourth-order valence-corrected chi connectivity index (χ4v) is 5.95. The zero-order valence-electron chi connectivity index (χ0n) is 18.2. The highest BCUT2D eigenvalue weighted by atomic mass is 35.5. The third-order valence-electron chi connectivity index (χ3n) is 5.81. The molecule has 0 saturated carbocycles. The number of hydrogen-bond acceptors (Lipinski definition) is 5. The van der Waals surface area contributed by atoms with Crippen LogP contribution < -0.4 is 5.32 Å². The van der Waals surface area contributed by atoms with Crippen LogP contribution in [0.2, 0.25) is 5.02 Å². The van der Waals surface area contributed by atoms with E-state index < -0.39 is 0 Å². The molecule has 0 bridgehead atoms. The average Bonchev–Trinajstić information content (AvgIpc) is 3.43. The molecule has 1 aliphatic rings. The van der Waals surface area contributed by atoms with Crippen molar-refractivity contribution in [2.45, 2.75) is 39.0 Å². The maximum Gasteiger partial charge on any atom is 0.265 e. The van der Waals surface area contributed by atoms with Crippen LogP contribution in [-0.2, 0) is 6.42 Å². The van der Waals surface area contributed by atoms with Gasteiger partial charge in [-0.15, -0.1) is 22.7 Å². The number of thiophene rings is 2. The SMILES string of the molecule is Cc1ccc(C(=O)NCCc2cccs2)c(C2CCN(C(=O)c3scc(C)c3Cl)CC2)n1. The van der Waals surface area contributed by atoms with Crippen molar-refractivity contribution < 1.29 is 9.59 Å². The molecule has 0 radical (unpaired) electrons. The molecule has 1 fully saturated rings. The predicted molar refractivity (Wildman–Crippen MR) is 131 cm³/mol. The summed E-state index contributed by atoms with van der Waals surface area (Å²) in [5.41, 5.74) is 3.32. The van der Waals surface area contributed by atoms with E-state index >= 15 is 0 Å². The molecule has 1 aliphatic heterocycles. The minimum absolute atomic E-state index is 0.00436. The Kier molecular flexibility index (Phi) is 7.28. The van der Waals surface area contributed by atoms with Gasteiger partial charge in [-0.1, -0.05) is 17.7 Å². The lowest BCUT2D eigenvalue weighted by Crippen LogP contribution is -2.38. The highest BCUT2D eigenvalue weighted by Gasteiger charge is 2.29. The number of nitrogens with one attached hydrogen (secondary N) is 1. The Hall–Kier alpha value is -2.22. The van der Waals surface area contributed by atoms with Crippen molar-refractivity contribution in [3.8, 4) is 0 Å². The Labute approximate surface area is 201 Å². The van der Waals surface area contributed by atoms with Crippen molar-refractivity contribution >= 4 is 46.1 Å². The molecule has 32 heavy (non-hydrogen) atoms. The second-order valence-corrected chi connectivity index (χ2v) is 10.4. The predicted octanol–water partition coefficient (Wildman–Crippen LogP) is 5.47. The van der Waals surface area contributed by atoms with E-state index in [4.69, 9.17) is 16.6 Å². The summed E-state index contributed by atoms with van der Waals surface area (Å²) in [4.78, 5) is 34.3. The number of aromatic nitrogens is 1. The van der Waals surface area contributed by atoms with Gasteiger partial charge in [-0.2, -0.15) is 0 Å². The highest BCUT2D eigenvalue weighted by Crippen LogP contribution is 2.33. The molecule has 0 aliphatic carbocycles. The van der Waals surface area contributed by atoms with Crippen molar-refractivity contribution in [3.63, 3.8) is 0 Å². The summed E-state index contributed by atoms with van der Waals surface area (Å²) in [6.45, 7) is 5.72. The van der Waals surface area contributed by atoms with Gasteiger partial charge in [0.05, 0.1) is 16.3 Å². The van der Waals surface area contributed by atoms with Crippen LogP contribution >= 0.6 is 34.3 Å². The molecule has 8 heteroatoms. The number of rotatable bonds is 6. The normalized spacial score (nSPS) is 14.5. The van der Waals surface area contributed by atoms with Crippen molar-refractivity contribution in [2.24, 2.45) is 0 Å². The van der Waals surface area contributed by atoms with E-state index in [1.807, 2.05) is 47.7 Å². The maximum atomic E-state index is 12.9. The van der Waals surface area contributed by atoms with E-state index in [-0.39, 0.29) is 17.7 Å². The van der Waals surface area contributed by atoms with Crippen molar-refractivity contribution in [3.05, 3.63) is 72.3 Å². The van der Waals surface area contributed by atoms with E-state index in [1.165, 1.54) is 16.2 Å². The zero-order chi connectivity index (χ0) is 22.7. The summed E-state index contributed by atoms with van der Waals surface area (Å²) in [5, 5.41) is 7.57. The first-order valence-corrected chi connectivity index (χ1v) is 12.9. The summed E-state index contributed by atoms with van der Waals surface area (Å²) in [5.74, 6) is 0.0660. The van der Waals surface area contributed by atoms with Crippen LogP contribution in [-0.4, -0.2) is 41.3 Å². The molecular formula is C24H26ClN3O2S2. The standard InChI is InChI=1S/C24H26ClN3O2S2/c1-15-14-32-22(20(15)25)24(30)28-11-8-17(9-12-28)21-19(6-5-16(2)27-21)23(29)26-10-7-18-4-3-13-31-18/h3-6,13-14,17H,7-12H2,1-2H3,(H,26,29). The Morgan fingerprint density at radius 3 is 2.62 bits per heavy atom. The number of aryl methyl sites for hydroxylation is 2. The second-order valence-electron chi connectivity index (χ2n) is 8.10. The van der Waals surface area contributed by atoms with Gasteiger partial charge in [-0.25, -0.2) is 0 Å². The van der Waals surface area contributed by atoms with E-state index in [9.17, 15) is 9.59 Å². The Bertz CT molecular complexity index is 1100. The Morgan fingerprint density at radius 1 is 1.19 bits per heavy atom. The summed E-state index contributed by atoms with van der Waals surface area (Å²) >= 11 is 9.40. The average molecular weight is 488 g/mol. The quantitative estimate of drug-likeness (QED) is 0.501. The molecule has 1 N–H and O–H groups in total. The van der Waals surface area contributed by atoms with Gasteiger partial charge in [0, 0.05) is 36.1 Å². The molecule has 168 valence electrons. The van der Waals surface area contributed by atoms with Crippen LogP contribution in [0, 0.1) is 13.8 Å². The number of amides is 2. The van der Waals surface area contributed by atoms with Crippen molar-refractivity contribution in [1.29, 1.82) is 0 Å². The highest BCUT2D eigenvalue weighted by molar-refractivity contribution is 7.13. The number of halogens is 1. The summed E-state index contributed by atoms with van der Waals surface area (Å²) in [6, 6.07) is 7.87. The van der Waals surface area contributed by atoms with Gasteiger partial charge in [-0.3, -0.25) is 14.6 Å². The second kappa shape index (κ2) is 10.1. The number of likely N-dealkylation sites (tertiary alicyclic amines) is 1. The molecule has 2 amide bonds. The lowest BCUT2D eigenvalue weighted by atomic mass is 9.89. The van der Waals surface area contributed by atoms with E-state index in [0.29, 0.717) is 35.1 Å². The number of piperidine rings is 1. The van der Waals surface area contributed by atoms with Crippen molar-refractivity contribution in [2.75, 3.05) is 19.6 Å². The summed E-state index contributed by atoms with van der Waals surface area (Å²) < 4.78 is 0. The Balaban J connectivity index is 1.41. The van der Waals surface area contributed by atoms with E-state index in [2.05, 4.69) is 11.4 Å². The number of carbonyl (C=O) groups is 2. The first-order chi connectivity index (χ1) is 15.4. The van der Waals surface area contributed by atoms with Crippen LogP contribution in [0.25, 0.3) is 0 Å². The number of hydrogen-bond donors (Lipinski definition) is 1. The monoisotopic (exact) mass is 487 g/mol. The van der Waals surface area contributed by atoms with Gasteiger partial charge in [0.15, 0.2) is 0 Å². The third-order valence-corrected chi connectivity index (χ3v) is 8.43. The van der Waals surface area contributed by atoms with Gasteiger partial charge >= 0.3 is 0 Å². The van der Waals surface area contributed by atoms with Gasteiger partial charge in [0.2, 0.25) is 0 Å². The fourth-order valence-electron chi connectivity index (χ4n) is 4.00. The third kappa shape index (κ3) is 5.05. The smallest absolute Gasteiger partial charge is 0.265 e. The van der Waals surface area contributed by atoms with Crippen LogP contribution in [0.4, 0.5) is 0 Å². The molecule has 4 heterocycles. The fraction of sp³-hybridized carbons (Fsp3) is 0.375. The Morgan fingerprint density at radius 2 is 1.97 bits per heavy atom. The van der Waals surface area contributed by atoms with Gasteiger partial charge in [-0.05, 0) is 67.6 Å². The number of pyridine rings is 1. The van der Waals surface area contributed by atoms with Gasteiger partial charge in [0.25, 0.3) is 11.8 Å². The molecule has 4 rings (SSSR count). The molecule has 3 aromatic heterocycles. The molecule has 3 aromatic rings. The van der Waals surface area contributed by atoms with E-state index in [0.717, 1.165) is 36.2 Å². The molecular weight excluding hydrogens is 462 g/mol. The van der Waals surface area contributed by atoms with Crippen LogP contribution in [0.15, 0.2) is 35.0 Å². The lowest BCUT2D eigenvalue weighted by Gasteiger charge is -2.32.